The third-order valence-electron chi connectivity index (χ3n) is 3.35. The second kappa shape index (κ2) is 6.41. The number of urea groups is 1. The third kappa shape index (κ3) is 3.10. The maximum absolute atomic E-state index is 12.0. The summed E-state index contributed by atoms with van der Waals surface area (Å²) in [6.45, 7) is 4.53. The highest BCUT2D eigenvalue weighted by Gasteiger charge is 2.36. The molecule has 20 heavy (non-hydrogen) atoms. The summed E-state index contributed by atoms with van der Waals surface area (Å²) in [5, 5.41) is 2.70. The third-order valence-corrected chi connectivity index (χ3v) is 3.35. The SMILES string of the molecule is CCC[C@H]1NC(=O)N(CCOc2ccccc2C)C1=O. The van der Waals surface area contributed by atoms with E-state index in [0.29, 0.717) is 13.0 Å². The Balaban J connectivity index is 1.87. The van der Waals surface area contributed by atoms with E-state index in [9.17, 15) is 9.59 Å². The lowest BCUT2D eigenvalue weighted by atomic mass is 10.2. The number of carbonyl (C=O) groups is 2. The van der Waals surface area contributed by atoms with E-state index in [2.05, 4.69) is 5.32 Å². The van der Waals surface area contributed by atoms with Gasteiger partial charge in [0.25, 0.3) is 5.91 Å². The zero-order valence-corrected chi connectivity index (χ0v) is 11.9. The first-order valence-corrected chi connectivity index (χ1v) is 6.93. The lowest BCUT2D eigenvalue weighted by Gasteiger charge is -2.14. The van der Waals surface area contributed by atoms with Crippen molar-refractivity contribution >= 4 is 11.9 Å². The van der Waals surface area contributed by atoms with Crippen molar-refractivity contribution in [3.05, 3.63) is 29.8 Å². The number of amides is 3. The maximum Gasteiger partial charge on any atom is 0.324 e. The fourth-order valence-electron chi connectivity index (χ4n) is 2.24. The number of rotatable bonds is 6. The number of benzene rings is 1. The van der Waals surface area contributed by atoms with Crippen molar-refractivity contribution in [3.8, 4) is 5.75 Å². The Morgan fingerprint density at radius 1 is 1.30 bits per heavy atom. The van der Waals surface area contributed by atoms with Crippen molar-refractivity contribution in [1.29, 1.82) is 0 Å². The van der Waals surface area contributed by atoms with E-state index in [0.717, 1.165) is 17.7 Å². The van der Waals surface area contributed by atoms with Gasteiger partial charge in [0.2, 0.25) is 0 Å². The van der Waals surface area contributed by atoms with Gasteiger partial charge < -0.3 is 10.1 Å². The van der Waals surface area contributed by atoms with Gasteiger partial charge in [-0.2, -0.15) is 0 Å². The number of nitrogens with one attached hydrogen (secondary N) is 1. The normalized spacial score (nSPS) is 18.3. The number of carbonyl (C=O) groups excluding carboxylic acids is 2. The van der Waals surface area contributed by atoms with Gasteiger partial charge in [-0.05, 0) is 25.0 Å². The van der Waals surface area contributed by atoms with Crippen LogP contribution in [0, 0.1) is 6.92 Å². The first-order chi connectivity index (χ1) is 9.63. The zero-order valence-electron chi connectivity index (χ0n) is 11.9. The predicted molar refractivity (Wildman–Crippen MR) is 75.6 cm³/mol. The molecule has 0 aliphatic carbocycles. The number of imide groups is 1. The van der Waals surface area contributed by atoms with Gasteiger partial charge in [0.1, 0.15) is 18.4 Å². The van der Waals surface area contributed by atoms with E-state index in [1.54, 1.807) is 0 Å². The summed E-state index contributed by atoms with van der Waals surface area (Å²) >= 11 is 0. The van der Waals surface area contributed by atoms with Gasteiger partial charge in [0.15, 0.2) is 0 Å². The Bertz CT molecular complexity index is 502. The molecular formula is C15H20N2O3. The van der Waals surface area contributed by atoms with Crippen molar-refractivity contribution in [2.45, 2.75) is 32.7 Å². The van der Waals surface area contributed by atoms with Gasteiger partial charge in [-0.3, -0.25) is 9.69 Å². The standard InChI is InChI=1S/C15H20N2O3/c1-3-6-12-14(18)17(15(19)16-12)9-10-20-13-8-5-4-7-11(13)2/h4-5,7-8,12H,3,6,9-10H2,1-2H3,(H,16,19)/t12-/m1/s1. The number of nitrogens with zero attached hydrogens (tertiary/aromatic N) is 1. The average Bonchev–Trinajstić information content (AvgIpc) is 2.69. The topological polar surface area (TPSA) is 58.6 Å². The van der Waals surface area contributed by atoms with Gasteiger partial charge >= 0.3 is 6.03 Å². The molecule has 1 aromatic rings. The Kier molecular flexibility index (Phi) is 4.61. The minimum atomic E-state index is -0.369. The van der Waals surface area contributed by atoms with Gasteiger partial charge in [-0.25, -0.2) is 4.79 Å². The molecule has 1 atom stereocenters. The Morgan fingerprint density at radius 2 is 2.05 bits per heavy atom. The number of ether oxygens (including phenoxy) is 1. The molecule has 0 aromatic heterocycles. The molecule has 3 amide bonds. The van der Waals surface area contributed by atoms with Gasteiger partial charge in [-0.1, -0.05) is 31.5 Å². The summed E-state index contributed by atoms with van der Waals surface area (Å²) < 4.78 is 5.62. The van der Waals surface area contributed by atoms with Crippen LogP contribution < -0.4 is 10.1 Å². The number of hydrogen-bond donors (Lipinski definition) is 1. The van der Waals surface area contributed by atoms with E-state index < -0.39 is 0 Å². The predicted octanol–water partition coefficient (Wildman–Crippen LogP) is 2.09. The van der Waals surface area contributed by atoms with Crippen molar-refractivity contribution < 1.29 is 14.3 Å². The lowest BCUT2D eigenvalue weighted by molar-refractivity contribution is -0.127. The van der Waals surface area contributed by atoms with Gasteiger partial charge in [0.05, 0.1) is 6.54 Å². The van der Waals surface area contributed by atoms with E-state index >= 15 is 0 Å². The highest BCUT2D eigenvalue weighted by Crippen LogP contribution is 2.16. The van der Waals surface area contributed by atoms with Crippen molar-refractivity contribution in [1.82, 2.24) is 10.2 Å². The van der Waals surface area contributed by atoms with Crippen LogP contribution in [0.25, 0.3) is 0 Å². The minimum absolute atomic E-state index is 0.148. The molecule has 1 N–H and O–H groups in total. The molecule has 1 saturated heterocycles. The highest BCUT2D eigenvalue weighted by molar-refractivity contribution is 6.04. The van der Waals surface area contributed by atoms with E-state index in [-0.39, 0.29) is 24.5 Å². The van der Waals surface area contributed by atoms with Crippen molar-refractivity contribution in [2.24, 2.45) is 0 Å². The molecule has 1 heterocycles. The molecule has 108 valence electrons. The largest absolute Gasteiger partial charge is 0.491 e. The summed E-state index contributed by atoms with van der Waals surface area (Å²) in [5.41, 5.74) is 1.04. The first-order valence-electron chi connectivity index (χ1n) is 6.93. The molecule has 0 saturated carbocycles. The molecule has 1 aliphatic rings. The molecule has 5 heteroatoms. The Morgan fingerprint density at radius 3 is 2.75 bits per heavy atom. The molecule has 2 rings (SSSR count). The monoisotopic (exact) mass is 276 g/mol. The number of para-hydroxylation sites is 1. The second-order valence-electron chi connectivity index (χ2n) is 4.89. The summed E-state index contributed by atoms with van der Waals surface area (Å²) in [6, 6.07) is 6.98. The molecule has 1 fully saturated rings. The summed E-state index contributed by atoms with van der Waals surface area (Å²) in [7, 11) is 0. The van der Waals surface area contributed by atoms with Gasteiger partial charge in [-0.15, -0.1) is 0 Å². The summed E-state index contributed by atoms with van der Waals surface area (Å²) in [5.74, 6) is 0.634. The quantitative estimate of drug-likeness (QED) is 0.809. The van der Waals surface area contributed by atoms with Crippen LogP contribution in [0.1, 0.15) is 25.3 Å². The van der Waals surface area contributed by atoms with Crippen molar-refractivity contribution in [3.63, 3.8) is 0 Å². The fraction of sp³-hybridized carbons (Fsp3) is 0.467. The lowest BCUT2D eigenvalue weighted by Crippen LogP contribution is -2.35. The Labute approximate surface area is 118 Å². The second-order valence-corrected chi connectivity index (χ2v) is 4.89. The average molecular weight is 276 g/mol. The molecule has 1 aromatic carbocycles. The van der Waals surface area contributed by atoms with Crippen molar-refractivity contribution in [2.75, 3.05) is 13.2 Å². The van der Waals surface area contributed by atoms with Crippen LogP contribution in [0.5, 0.6) is 5.75 Å². The maximum atomic E-state index is 12.0. The number of hydrogen-bond acceptors (Lipinski definition) is 3. The van der Waals surface area contributed by atoms with Crippen LogP contribution in [0.2, 0.25) is 0 Å². The molecule has 0 spiro atoms. The van der Waals surface area contributed by atoms with E-state index in [1.807, 2.05) is 38.1 Å². The van der Waals surface area contributed by atoms with Gasteiger partial charge in [0, 0.05) is 0 Å². The van der Waals surface area contributed by atoms with E-state index in [4.69, 9.17) is 4.74 Å². The molecule has 0 bridgehead atoms. The fourth-order valence-corrected chi connectivity index (χ4v) is 2.24. The molecule has 1 aliphatic heterocycles. The minimum Gasteiger partial charge on any atom is -0.491 e. The molecular weight excluding hydrogens is 256 g/mol. The van der Waals surface area contributed by atoms with Crippen LogP contribution in [0.3, 0.4) is 0 Å². The van der Waals surface area contributed by atoms with Crippen LogP contribution >= 0.6 is 0 Å². The van der Waals surface area contributed by atoms with Crippen LogP contribution in [0.15, 0.2) is 24.3 Å². The zero-order chi connectivity index (χ0) is 14.5. The molecule has 0 unspecified atom stereocenters. The van der Waals surface area contributed by atoms with Crippen LogP contribution in [0.4, 0.5) is 4.79 Å². The highest BCUT2D eigenvalue weighted by atomic mass is 16.5. The van der Waals surface area contributed by atoms with E-state index in [1.165, 1.54) is 4.90 Å². The molecule has 5 nitrogen and oxygen atoms in total. The Hall–Kier alpha value is -2.04. The first kappa shape index (κ1) is 14.4. The molecule has 0 radical (unpaired) electrons. The van der Waals surface area contributed by atoms with Crippen LogP contribution in [-0.4, -0.2) is 36.0 Å². The number of aryl methyl sites for hydroxylation is 1. The smallest absolute Gasteiger partial charge is 0.324 e. The van der Waals surface area contributed by atoms with Crippen LogP contribution in [-0.2, 0) is 4.79 Å². The summed E-state index contributed by atoms with van der Waals surface area (Å²) in [6.07, 6.45) is 1.55. The summed E-state index contributed by atoms with van der Waals surface area (Å²) in [4.78, 5) is 25.0.